The highest BCUT2D eigenvalue weighted by molar-refractivity contribution is 5.86. The summed E-state index contributed by atoms with van der Waals surface area (Å²) in [5.41, 5.74) is -2.03. The zero-order valence-corrected chi connectivity index (χ0v) is 21.0. The molecule has 1 amide bonds. The van der Waals surface area contributed by atoms with Gasteiger partial charge in [-0.15, -0.1) is 0 Å². The Labute approximate surface area is 214 Å². The molecular formula is C26H35F4N3O4. The topological polar surface area (TPSA) is 82.1 Å². The summed E-state index contributed by atoms with van der Waals surface area (Å²) in [7, 11) is 0. The number of ether oxygens (including phenoxy) is 1. The lowest BCUT2D eigenvalue weighted by Gasteiger charge is -2.47. The molecule has 2 aliphatic heterocycles. The number of amides is 1. The molecule has 4 rings (SSSR count). The van der Waals surface area contributed by atoms with E-state index in [0.717, 1.165) is 57.6 Å². The number of carbonyl (C=O) groups is 2. The summed E-state index contributed by atoms with van der Waals surface area (Å²) >= 11 is 0. The van der Waals surface area contributed by atoms with Gasteiger partial charge in [0.2, 0.25) is 0 Å². The van der Waals surface area contributed by atoms with Crippen LogP contribution in [0.2, 0.25) is 0 Å². The van der Waals surface area contributed by atoms with Crippen molar-refractivity contribution in [3.8, 4) is 0 Å². The van der Waals surface area contributed by atoms with Crippen LogP contribution in [0, 0.1) is 11.7 Å². The van der Waals surface area contributed by atoms with Crippen molar-refractivity contribution in [3.05, 3.63) is 35.1 Å². The van der Waals surface area contributed by atoms with Crippen LogP contribution in [-0.2, 0) is 27.0 Å². The Morgan fingerprint density at radius 3 is 2.54 bits per heavy atom. The maximum Gasteiger partial charge on any atom is 0.416 e. The number of carboxylic acid groups (broad SMARTS) is 1. The minimum Gasteiger partial charge on any atom is -0.481 e. The zero-order chi connectivity index (χ0) is 26.8. The number of carbonyl (C=O) groups excluding carboxylic acids is 1. The highest BCUT2D eigenvalue weighted by atomic mass is 19.4. The lowest BCUT2D eigenvalue weighted by atomic mass is 9.85. The number of aliphatic carboxylic acids is 1. The van der Waals surface area contributed by atoms with Crippen LogP contribution in [0.15, 0.2) is 18.2 Å². The summed E-state index contributed by atoms with van der Waals surface area (Å²) < 4.78 is 59.1. The molecule has 0 radical (unpaired) electrons. The van der Waals surface area contributed by atoms with Crippen molar-refractivity contribution >= 4 is 11.9 Å². The van der Waals surface area contributed by atoms with E-state index in [1.54, 1.807) is 0 Å². The molecule has 2 heterocycles. The highest BCUT2D eigenvalue weighted by Crippen LogP contribution is 2.47. The average Bonchev–Trinajstić information content (AvgIpc) is 3.68. The summed E-state index contributed by atoms with van der Waals surface area (Å²) in [5.74, 6) is -2.04. The molecule has 3 aliphatic rings. The first kappa shape index (κ1) is 27.8. The minimum atomic E-state index is -4.67. The number of carboxylic acids is 1. The predicted octanol–water partition coefficient (Wildman–Crippen LogP) is 3.66. The zero-order valence-electron chi connectivity index (χ0n) is 21.0. The lowest BCUT2D eigenvalue weighted by Crippen LogP contribution is -2.60. The second kappa shape index (κ2) is 11.2. The Kier molecular flexibility index (Phi) is 8.45. The number of halogens is 4. The predicted molar refractivity (Wildman–Crippen MR) is 127 cm³/mol. The molecule has 0 aromatic heterocycles. The van der Waals surface area contributed by atoms with E-state index >= 15 is 0 Å². The standard InChI is InChI=1S/C26H35F4N3O4/c1-17-15-33(10-9-32(17)8-2-3-23(34)35)22-6-7-25(37-16-22,19-4-5-19)24(36)31-14-18-11-20(26(28,29)30)13-21(27)12-18/h11-13,17,19,22H,2-10,14-16H2,1H3,(H,31,36)(H,34,35)/t17-,22+,25-/m0/s1. The van der Waals surface area contributed by atoms with Crippen molar-refractivity contribution < 1.29 is 37.0 Å². The van der Waals surface area contributed by atoms with Crippen LogP contribution in [0.1, 0.15) is 56.6 Å². The number of hydrogen-bond donors (Lipinski definition) is 2. The van der Waals surface area contributed by atoms with E-state index in [1.165, 1.54) is 0 Å². The van der Waals surface area contributed by atoms with Crippen molar-refractivity contribution in [1.82, 2.24) is 15.1 Å². The molecular weight excluding hydrogens is 494 g/mol. The molecule has 7 nitrogen and oxygen atoms in total. The fourth-order valence-electron chi connectivity index (χ4n) is 5.67. The molecule has 37 heavy (non-hydrogen) atoms. The van der Waals surface area contributed by atoms with Crippen LogP contribution in [-0.4, -0.2) is 77.3 Å². The molecule has 2 N–H and O–H groups in total. The number of hydrogen-bond acceptors (Lipinski definition) is 5. The van der Waals surface area contributed by atoms with Crippen LogP contribution in [0.3, 0.4) is 0 Å². The van der Waals surface area contributed by atoms with Crippen LogP contribution >= 0.6 is 0 Å². The number of alkyl halides is 3. The molecule has 1 aromatic carbocycles. The summed E-state index contributed by atoms with van der Waals surface area (Å²) in [6.07, 6.45) is -0.856. The Morgan fingerprint density at radius 2 is 1.95 bits per heavy atom. The maximum atomic E-state index is 13.7. The number of benzene rings is 1. The van der Waals surface area contributed by atoms with Gasteiger partial charge in [0.25, 0.3) is 5.91 Å². The minimum absolute atomic E-state index is 0.0514. The molecule has 0 bridgehead atoms. The van der Waals surface area contributed by atoms with E-state index in [0.29, 0.717) is 25.5 Å². The van der Waals surface area contributed by atoms with Crippen LogP contribution < -0.4 is 5.32 Å². The second-order valence-corrected chi connectivity index (χ2v) is 10.6. The first-order valence-electron chi connectivity index (χ1n) is 13.0. The van der Waals surface area contributed by atoms with Gasteiger partial charge in [0.1, 0.15) is 11.4 Å². The molecule has 206 valence electrons. The third kappa shape index (κ3) is 6.80. The van der Waals surface area contributed by atoms with Gasteiger partial charge in [0, 0.05) is 44.7 Å². The highest BCUT2D eigenvalue weighted by Gasteiger charge is 2.54. The molecule has 2 saturated heterocycles. The Hall–Kier alpha value is -2.24. The fraction of sp³-hybridized carbons (Fsp3) is 0.692. The largest absolute Gasteiger partial charge is 0.481 e. The average molecular weight is 530 g/mol. The number of rotatable bonds is 9. The third-order valence-corrected chi connectivity index (χ3v) is 7.89. The number of piperazine rings is 1. The van der Waals surface area contributed by atoms with Gasteiger partial charge in [-0.05, 0) is 75.3 Å². The number of nitrogens with one attached hydrogen (secondary N) is 1. The molecule has 1 aromatic rings. The van der Waals surface area contributed by atoms with Gasteiger partial charge in [-0.25, -0.2) is 4.39 Å². The van der Waals surface area contributed by atoms with E-state index in [9.17, 15) is 27.2 Å². The number of nitrogens with zero attached hydrogens (tertiary/aromatic N) is 2. The quantitative estimate of drug-likeness (QED) is 0.476. The van der Waals surface area contributed by atoms with Gasteiger partial charge in [0.15, 0.2) is 0 Å². The van der Waals surface area contributed by atoms with E-state index < -0.39 is 29.1 Å². The van der Waals surface area contributed by atoms with Crippen LogP contribution in [0.25, 0.3) is 0 Å². The molecule has 0 spiro atoms. The van der Waals surface area contributed by atoms with Gasteiger partial charge in [0.05, 0.1) is 12.2 Å². The molecule has 0 unspecified atom stereocenters. The first-order valence-corrected chi connectivity index (χ1v) is 13.0. The lowest BCUT2D eigenvalue weighted by molar-refractivity contribution is -0.166. The van der Waals surface area contributed by atoms with Gasteiger partial charge in [-0.3, -0.25) is 19.4 Å². The van der Waals surface area contributed by atoms with E-state index in [2.05, 4.69) is 22.0 Å². The molecule has 1 aliphatic carbocycles. The summed E-state index contributed by atoms with van der Waals surface area (Å²) in [6.45, 7) is 5.60. The van der Waals surface area contributed by atoms with Gasteiger partial charge in [-0.1, -0.05) is 0 Å². The van der Waals surface area contributed by atoms with E-state index in [-0.39, 0.29) is 42.4 Å². The monoisotopic (exact) mass is 529 g/mol. The van der Waals surface area contributed by atoms with Gasteiger partial charge < -0.3 is 15.2 Å². The van der Waals surface area contributed by atoms with Crippen molar-refractivity contribution in [2.24, 2.45) is 5.92 Å². The van der Waals surface area contributed by atoms with Crippen molar-refractivity contribution in [2.45, 2.75) is 75.9 Å². The van der Waals surface area contributed by atoms with Gasteiger partial charge >= 0.3 is 12.1 Å². The normalized spacial score (nSPS) is 27.7. The molecule has 11 heteroatoms. The van der Waals surface area contributed by atoms with Crippen molar-refractivity contribution in [1.29, 1.82) is 0 Å². The Morgan fingerprint density at radius 1 is 1.19 bits per heavy atom. The van der Waals surface area contributed by atoms with E-state index in [4.69, 9.17) is 9.84 Å². The third-order valence-electron chi connectivity index (χ3n) is 7.89. The first-order chi connectivity index (χ1) is 17.5. The fourth-order valence-corrected chi connectivity index (χ4v) is 5.67. The van der Waals surface area contributed by atoms with E-state index in [1.807, 2.05) is 0 Å². The smallest absolute Gasteiger partial charge is 0.416 e. The van der Waals surface area contributed by atoms with Crippen LogP contribution in [0.5, 0.6) is 0 Å². The Balaban J connectivity index is 1.31. The molecule has 3 fully saturated rings. The van der Waals surface area contributed by atoms with Crippen molar-refractivity contribution in [3.63, 3.8) is 0 Å². The van der Waals surface area contributed by atoms with Crippen LogP contribution in [0.4, 0.5) is 17.6 Å². The summed E-state index contributed by atoms with van der Waals surface area (Å²) in [5, 5.41) is 11.6. The summed E-state index contributed by atoms with van der Waals surface area (Å²) in [6, 6.07) is 2.75. The van der Waals surface area contributed by atoms with Crippen molar-refractivity contribution in [2.75, 3.05) is 32.8 Å². The molecule has 3 atom stereocenters. The summed E-state index contributed by atoms with van der Waals surface area (Å²) in [4.78, 5) is 28.7. The second-order valence-electron chi connectivity index (χ2n) is 10.6. The maximum absolute atomic E-state index is 13.7. The Bertz CT molecular complexity index is 977. The SMILES string of the molecule is C[C@H]1CN([C@@H]2CC[C@@](C(=O)NCc3cc(F)cc(C(F)(F)F)c3)(C3CC3)OC2)CCN1CCCC(=O)O. The molecule has 1 saturated carbocycles. The van der Waals surface area contributed by atoms with Gasteiger partial charge in [-0.2, -0.15) is 13.2 Å².